The smallest absolute Gasteiger partial charge is 0.241 e. The van der Waals surface area contributed by atoms with E-state index in [0.717, 1.165) is 24.2 Å². The summed E-state index contributed by atoms with van der Waals surface area (Å²) in [5.41, 5.74) is 2.78. The predicted octanol–water partition coefficient (Wildman–Crippen LogP) is 3.39. The first-order valence-corrected chi connectivity index (χ1v) is 8.13. The van der Waals surface area contributed by atoms with Crippen molar-refractivity contribution in [1.82, 2.24) is 4.90 Å². The van der Waals surface area contributed by atoms with Crippen LogP contribution in [0.25, 0.3) is 0 Å². The summed E-state index contributed by atoms with van der Waals surface area (Å²) < 4.78 is 5.72. The molecule has 0 aromatic heterocycles. The Morgan fingerprint density at radius 1 is 1.32 bits per heavy atom. The number of morpholine rings is 1. The number of anilines is 1. The van der Waals surface area contributed by atoms with E-state index >= 15 is 0 Å². The molecule has 1 aliphatic rings. The van der Waals surface area contributed by atoms with Crippen molar-refractivity contribution in [2.24, 2.45) is 0 Å². The minimum atomic E-state index is -0.217. The SMILES string of the molecule is Cc1cc(C)c(NC(=O)C(C)N2CC(C)OC(C)C2)c(Cl)c1. The Morgan fingerprint density at radius 3 is 2.45 bits per heavy atom. The van der Waals surface area contributed by atoms with E-state index in [1.54, 1.807) is 0 Å². The van der Waals surface area contributed by atoms with Gasteiger partial charge in [-0.15, -0.1) is 0 Å². The standard InChI is InChI=1S/C17H25ClN2O2/c1-10-6-11(2)16(15(18)7-10)19-17(21)14(5)20-8-12(3)22-13(4)9-20/h6-7,12-14H,8-9H2,1-5H3,(H,19,21). The van der Waals surface area contributed by atoms with E-state index in [-0.39, 0.29) is 24.2 Å². The average molecular weight is 325 g/mol. The van der Waals surface area contributed by atoms with E-state index in [1.165, 1.54) is 0 Å². The number of nitrogens with one attached hydrogen (secondary N) is 1. The van der Waals surface area contributed by atoms with Gasteiger partial charge in [0.1, 0.15) is 0 Å². The number of nitrogens with zero attached hydrogens (tertiary/aromatic N) is 1. The summed E-state index contributed by atoms with van der Waals surface area (Å²) in [6.07, 6.45) is 0.285. The van der Waals surface area contributed by atoms with Crippen LogP contribution in [0.1, 0.15) is 31.9 Å². The molecule has 1 aromatic rings. The summed E-state index contributed by atoms with van der Waals surface area (Å²) in [5.74, 6) is -0.0323. The second kappa shape index (κ2) is 6.99. The number of carbonyl (C=O) groups excluding carboxylic acids is 1. The van der Waals surface area contributed by atoms with Gasteiger partial charge in [0.15, 0.2) is 0 Å². The van der Waals surface area contributed by atoms with Crippen molar-refractivity contribution in [3.63, 3.8) is 0 Å². The van der Waals surface area contributed by atoms with E-state index in [9.17, 15) is 4.79 Å². The van der Waals surface area contributed by atoms with Crippen molar-refractivity contribution in [2.75, 3.05) is 18.4 Å². The summed E-state index contributed by atoms with van der Waals surface area (Å²) in [4.78, 5) is 14.7. The van der Waals surface area contributed by atoms with Gasteiger partial charge in [0.2, 0.25) is 5.91 Å². The highest BCUT2D eigenvalue weighted by atomic mass is 35.5. The fourth-order valence-corrected chi connectivity index (χ4v) is 3.37. The van der Waals surface area contributed by atoms with Crippen LogP contribution in [0.5, 0.6) is 0 Å². The number of ether oxygens (including phenoxy) is 1. The molecule has 1 aliphatic heterocycles. The van der Waals surface area contributed by atoms with E-state index < -0.39 is 0 Å². The van der Waals surface area contributed by atoms with Gasteiger partial charge in [-0.3, -0.25) is 9.69 Å². The van der Waals surface area contributed by atoms with Crippen LogP contribution in [0.3, 0.4) is 0 Å². The van der Waals surface area contributed by atoms with Crippen molar-refractivity contribution in [3.8, 4) is 0 Å². The molecule has 3 unspecified atom stereocenters. The Labute approximate surface area is 137 Å². The zero-order valence-corrected chi connectivity index (χ0v) is 14.7. The number of amides is 1. The molecule has 4 nitrogen and oxygen atoms in total. The first-order chi connectivity index (χ1) is 10.3. The van der Waals surface area contributed by atoms with Gasteiger partial charge in [0.25, 0.3) is 0 Å². The van der Waals surface area contributed by atoms with Gasteiger partial charge >= 0.3 is 0 Å². The summed E-state index contributed by atoms with van der Waals surface area (Å²) in [6, 6.07) is 3.67. The molecule has 1 amide bonds. The molecule has 1 N–H and O–H groups in total. The number of aryl methyl sites for hydroxylation is 2. The van der Waals surface area contributed by atoms with Crippen LogP contribution in [0.15, 0.2) is 12.1 Å². The van der Waals surface area contributed by atoms with Crippen molar-refractivity contribution in [2.45, 2.75) is 52.9 Å². The van der Waals surface area contributed by atoms with Crippen LogP contribution in [-0.2, 0) is 9.53 Å². The third-order valence-corrected chi connectivity index (χ3v) is 4.35. The van der Waals surface area contributed by atoms with Crippen LogP contribution in [0.2, 0.25) is 5.02 Å². The molecule has 2 rings (SSSR count). The quantitative estimate of drug-likeness (QED) is 0.926. The van der Waals surface area contributed by atoms with Crippen LogP contribution in [0, 0.1) is 13.8 Å². The molecule has 22 heavy (non-hydrogen) atoms. The van der Waals surface area contributed by atoms with Crippen LogP contribution >= 0.6 is 11.6 Å². The molecule has 0 radical (unpaired) electrons. The van der Waals surface area contributed by atoms with E-state index in [1.807, 2.05) is 46.8 Å². The molecular weight excluding hydrogens is 300 g/mol. The van der Waals surface area contributed by atoms with Gasteiger partial charge in [-0.25, -0.2) is 0 Å². The molecule has 1 saturated heterocycles. The first kappa shape index (κ1) is 17.3. The Morgan fingerprint density at radius 2 is 1.91 bits per heavy atom. The summed E-state index contributed by atoms with van der Waals surface area (Å²) >= 11 is 6.27. The maximum absolute atomic E-state index is 12.6. The van der Waals surface area contributed by atoms with Gasteiger partial charge < -0.3 is 10.1 Å². The number of halogens is 1. The highest BCUT2D eigenvalue weighted by molar-refractivity contribution is 6.34. The van der Waals surface area contributed by atoms with Crippen LogP contribution in [-0.4, -0.2) is 42.1 Å². The lowest BCUT2D eigenvalue weighted by atomic mass is 10.1. The second-order valence-electron chi connectivity index (χ2n) is 6.32. The molecular formula is C17H25ClN2O2. The fraction of sp³-hybridized carbons (Fsp3) is 0.588. The first-order valence-electron chi connectivity index (χ1n) is 7.75. The van der Waals surface area contributed by atoms with E-state index in [4.69, 9.17) is 16.3 Å². The lowest BCUT2D eigenvalue weighted by Crippen LogP contribution is -2.52. The van der Waals surface area contributed by atoms with Crippen molar-refractivity contribution in [1.29, 1.82) is 0 Å². The number of hydrogen-bond donors (Lipinski definition) is 1. The van der Waals surface area contributed by atoms with Crippen molar-refractivity contribution in [3.05, 3.63) is 28.3 Å². The molecule has 122 valence electrons. The Balaban J connectivity index is 2.09. The number of rotatable bonds is 3. The molecule has 0 bridgehead atoms. The maximum Gasteiger partial charge on any atom is 0.241 e. The van der Waals surface area contributed by atoms with Gasteiger partial charge in [0.05, 0.1) is 29.0 Å². The van der Waals surface area contributed by atoms with Crippen LogP contribution < -0.4 is 5.32 Å². The predicted molar refractivity (Wildman–Crippen MR) is 90.6 cm³/mol. The van der Waals surface area contributed by atoms with Crippen molar-refractivity contribution >= 4 is 23.2 Å². The van der Waals surface area contributed by atoms with Gasteiger partial charge in [-0.1, -0.05) is 17.7 Å². The Bertz CT molecular complexity index is 529. The molecule has 0 saturated carbocycles. The van der Waals surface area contributed by atoms with Crippen molar-refractivity contribution < 1.29 is 9.53 Å². The number of carbonyl (C=O) groups is 1. The minimum absolute atomic E-state index is 0.0323. The fourth-order valence-electron chi connectivity index (χ4n) is 3.00. The molecule has 0 spiro atoms. The number of hydrogen-bond acceptors (Lipinski definition) is 3. The molecule has 5 heteroatoms. The zero-order chi connectivity index (χ0) is 16.4. The molecule has 1 fully saturated rings. The molecule has 1 aromatic carbocycles. The number of benzene rings is 1. The summed E-state index contributed by atoms with van der Waals surface area (Å²) in [5, 5.41) is 3.56. The highest BCUT2D eigenvalue weighted by Gasteiger charge is 2.29. The average Bonchev–Trinajstić information content (AvgIpc) is 2.40. The topological polar surface area (TPSA) is 41.6 Å². The normalized spacial score (nSPS) is 24.1. The lowest BCUT2D eigenvalue weighted by Gasteiger charge is -2.38. The summed E-state index contributed by atoms with van der Waals surface area (Å²) in [7, 11) is 0. The van der Waals surface area contributed by atoms with E-state index in [0.29, 0.717) is 10.7 Å². The van der Waals surface area contributed by atoms with Gasteiger partial charge in [0, 0.05) is 13.1 Å². The third kappa shape index (κ3) is 4.00. The summed E-state index contributed by atoms with van der Waals surface area (Å²) in [6.45, 7) is 11.5. The minimum Gasteiger partial charge on any atom is -0.373 e. The second-order valence-corrected chi connectivity index (χ2v) is 6.72. The van der Waals surface area contributed by atoms with Crippen LogP contribution in [0.4, 0.5) is 5.69 Å². The molecule has 0 aliphatic carbocycles. The largest absolute Gasteiger partial charge is 0.373 e. The van der Waals surface area contributed by atoms with Gasteiger partial charge in [-0.2, -0.15) is 0 Å². The lowest BCUT2D eigenvalue weighted by molar-refractivity contribution is -0.126. The molecule has 1 heterocycles. The highest BCUT2D eigenvalue weighted by Crippen LogP contribution is 2.27. The maximum atomic E-state index is 12.6. The third-order valence-electron chi connectivity index (χ3n) is 4.05. The monoisotopic (exact) mass is 324 g/mol. The zero-order valence-electron chi connectivity index (χ0n) is 13.9. The van der Waals surface area contributed by atoms with E-state index in [2.05, 4.69) is 10.2 Å². The van der Waals surface area contributed by atoms with Gasteiger partial charge in [-0.05, 0) is 51.8 Å². The Kier molecular flexibility index (Phi) is 5.48. The Hall–Kier alpha value is -1.10. The molecule has 3 atom stereocenters.